The fourth-order valence-electron chi connectivity index (χ4n) is 1.83. The van der Waals surface area contributed by atoms with Crippen molar-refractivity contribution in [1.29, 1.82) is 0 Å². The summed E-state index contributed by atoms with van der Waals surface area (Å²) >= 11 is 0. The Balaban J connectivity index is 1.94. The van der Waals surface area contributed by atoms with Crippen LogP contribution in [-0.4, -0.2) is 48.1 Å². The molecule has 1 amide bonds. The van der Waals surface area contributed by atoms with Crippen LogP contribution in [0, 0.1) is 5.95 Å². The van der Waals surface area contributed by atoms with Gasteiger partial charge in [0.2, 0.25) is 11.9 Å². The van der Waals surface area contributed by atoms with Crippen molar-refractivity contribution in [2.75, 3.05) is 31.6 Å². The smallest absolute Gasteiger partial charge is 0.244 e. The molecular formula is C12H16FN3O2. The minimum absolute atomic E-state index is 0.0237. The number of amides is 1. The summed E-state index contributed by atoms with van der Waals surface area (Å²) in [5, 5.41) is 2.90. The Bertz CT molecular complexity index is 422. The van der Waals surface area contributed by atoms with Gasteiger partial charge in [-0.3, -0.25) is 4.79 Å². The van der Waals surface area contributed by atoms with E-state index in [2.05, 4.69) is 10.3 Å². The van der Waals surface area contributed by atoms with Crippen molar-refractivity contribution < 1.29 is 13.9 Å². The molecule has 1 N–H and O–H groups in total. The minimum atomic E-state index is -0.564. The molecule has 1 aromatic heterocycles. The van der Waals surface area contributed by atoms with Gasteiger partial charge in [0.25, 0.3) is 0 Å². The second-order valence-electron chi connectivity index (χ2n) is 4.15. The number of carbonyl (C=O) groups excluding carboxylic acids is 1. The predicted molar refractivity (Wildman–Crippen MR) is 64.7 cm³/mol. The van der Waals surface area contributed by atoms with E-state index in [0.717, 1.165) is 0 Å². The van der Waals surface area contributed by atoms with Gasteiger partial charge in [0.15, 0.2) is 0 Å². The third-order valence-corrected chi connectivity index (χ3v) is 2.77. The van der Waals surface area contributed by atoms with Gasteiger partial charge in [-0.25, -0.2) is 4.98 Å². The van der Waals surface area contributed by atoms with Crippen LogP contribution in [0.2, 0.25) is 0 Å². The normalized spacial score (nSPS) is 17.3. The average molecular weight is 253 g/mol. The maximum absolute atomic E-state index is 12.9. The Morgan fingerprint density at radius 2 is 2.22 bits per heavy atom. The summed E-state index contributed by atoms with van der Waals surface area (Å²) in [4.78, 5) is 17.5. The fraction of sp³-hybridized carbons (Fsp3) is 0.500. The van der Waals surface area contributed by atoms with Crippen molar-refractivity contribution in [3.8, 4) is 0 Å². The number of pyridine rings is 1. The molecule has 2 heterocycles. The van der Waals surface area contributed by atoms with E-state index in [4.69, 9.17) is 4.74 Å². The van der Waals surface area contributed by atoms with Crippen LogP contribution in [0.15, 0.2) is 18.2 Å². The summed E-state index contributed by atoms with van der Waals surface area (Å²) in [5.41, 5.74) is 0. The van der Waals surface area contributed by atoms with Crippen molar-refractivity contribution in [2.45, 2.75) is 13.0 Å². The van der Waals surface area contributed by atoms with E-state index in [9.17, 15) is 9.18 Å². The Labute approximate surface area is 105 Å². The molecule has 1 atom stereocenters. The van der Waals surface area contributed by atoms with E-state index in [1.54, 1.807) is 24.0 Å². The van der Waals surface area contributed by atoms with Crippen molar-refractivity contribution in [3.63, 3.8) is 0 Å². The van der Waals surface area contributed by atoms with Crippen LogP contribution in [-0.2, 0) is 9.53 Å². The van der Waals surface area contributed by atoms with E-state index in [1.807, 2.05) is 0 Å². The molecule has 5 nitrogen and oxygen atoms in total. The number of halogens is 1. The lowest BCUT2D eigenvalue weighted by atomic mass is 10.2. The number of hydrogen-bond acceptors (Lipinski definition) is 4. The number of carbonyl (C=O) groups is 1. The number of nitrogens with zero attached hydrogens (tertiary/aromatic N) is 2. The molecule has 0 saturated carbocycles. The first-order chi connectivity index (χ1) is 8.66. The van der Waals surface area contributed by atoms with Gasteiger partial charge in [-0.1, -0.05) is 6.07 Å². The van der Waals surface area contributed by atoms with Crippen LogP contribution in [0.1, 0.15) is 6.92 Å². The summed E-state index contributed by atoms with van der Waals surface area (Å²) in [7, 11) is 0. The monoisotopic (exact) mass is 253 g/mol. The fourth-order valence-corrected chi connectivity index (χ4v) is 1.83. The minimum Gasteiger partial charge on any atom is -0.378 e. The molecule has 1 saturated heterocycles. The van der Waals surface area contributed by atoms with Gasteiger partial charge < -0.3 is 15.0 Å². The molecule has 1 aliphatic rings. The molecule has 98 valence electrons. The summed E-state index contributed by atoms with van der Waals surface area (Å²) < 4.78 is 18.1. The van der Waals surface area contributed by atoms with Crippen molar-refractivity contribution >= 4 is 11.7 Å². The van der Waals surface area contributed by atoms with Crippen LogP contribution in [0.5, 0.6) is 0 Å². The molecule has 6 heteroatoms. The van der Waals surface area contributed by atoms with Crippen molar-refractivity contribution in [2.24, 2.45) is 0 Å². The summed E-state index contributed by atoms with van der Waals surface area (Å²) in [6, 6.07) is 4.01. The van der Waals surface area contributed by atoms with Gasteiger partial charge >= 0.3 is 0 Å². The van der Waals surface area contributed by atoms with Gasteiger partial charge in [-0.2, -0.15) is 4.39 Å². The first kappa shape index (κ1) is 12.8. The number of nitrogens with one attached hydrogen (secondary N) is 1. The van der Waals surface area contributed by atoms with Gasteiger partial charge in [-0.15, -0.1) is 0 Å². The highest BCUT2D eigenvalue weighted by molar-refractivity contribution is 5.84. The highest BCUT2D eigenvalue weighted by Gasteiger charge is 2.22. The number of anilines is 1. The molecule has 18 heavy (non-hydrogen) atoms. The zero-order chi connectivity index (χ0) is 13.0. The third-order valence-electron chi connectivity index (χ3n) is 2.77. The van der Waals surface area contributed by atoms with E-state index in [-0.39, 0.29) is 5.91 Å². The molecule has 1 unspecified atom stereocenters. The van der Waals surface area contributed by atoms with Gasteiger partial charge in [0, 0.05) is 13.1 Å². The molecule has 0 aromatic carbocycles. The molecule has 0 spiro atoms. The lowest BCUT2D eigenvalue weighted by Gasteiger charge is -2.29. The lowest BCUT2D eigenvalue weighted by molar-refractivity contribution is -0.135. The Hall–Kier alpha value is -1.69. The zero-order valence-corrected chi connectivity index (χ0v) is 10.2. The number of aromatic nitrogens is 1. The Morgan fingerprint density at radius 3 is 2.89 bits per heavy atom. The van der Waals surface area contributed by atoms with E-state index < -0.39 is 12.0 Å². The number of rotatable bonds is 3. The molecule has 1 aromatic rings. The van der Waals surface area contributed by atoms with Crippen LogP contribution in [0.4, 0.5) is 10.2 Å². The van der Waals surface area contributed by atoms with E-state index >= 15 is 0 Å². The van der Waals surface area contributed by atoms with Crippen molar-refractivity contribution in [3.05, 3.63) is 24.1 Å². The SMILES string of the molecule is CC(Nc1cccc(F)n1)C(=O)N1CCOCC1. The Kier molecular flexibility index (Phi) is 4.09. The van der Waals surface area contributed by atoms with Crippen molar-refractivity contribution in [1.82, 2.24) is 9.88 Å². The Morgan fingerprint density at radius 1 is 1.50 bits per heavy atom. The largest absolute Gasteiger partial charge is 0.378 e. The van der Waals surface area contributed by atoms with Gasteiger partial charge in [0.1, 0.15) is 11.9 Å². The third kappa shape index (κ3) is 3.16. The molecule has 2 rings (SSSR count). The summed E-state index contributed by atoms with van der Waals surface area (Å²) in [6.07, 6.45) is 0. The number of ether oxygens (including phenoxy) is 1. The predicted octanol–water partition coefficient (Wildman–Crippen LogP) is 0.880. The van der Waals surface area contributed by atoms with E-state index in [1.165, 1.54) is 6.07 Å². The molecule has 0 aliphatic carbocycles. The quantitative estimate of drug-likeness (QED) is 0.812. The first-order valence-electron chi connectivity index (χ1n) is 5.92. The number of hydrogen-bond donors (Lipinski definition) is 1. The topological polar surface area (TPSA) is 54.5 Å². The van der Waals surface area contributed by atoms with Crippen LogP contribution in [0.3, 0.4) is 0 Å². The molecule has 0 bridgehead atoms. The van der Waals surface area contributed by atoms with Crippen LogP contribution >= 0.6 is 0 Å². The average Bonchev–Trinajstić information content (AvgIpc) is 2.39. The molecular weight excluding hydrogens is 237 g/mol. The second kappa shape index (κ2) is 5.77. The highest BCUT2D eigenvalue weighted by Crippen LogP contribution is 2.08. The van der Waals surface area contributed by atoms with Gasteiger partial charge in [-0.05, 0) is 19.1 Å². The van der Waals surface area contributed by atoms with Crippen LogP contribution in [0.25, 0.3) is 0 Å². The second-order valence-corrected chi connectivity index (χ2v) is 4.15. The lowest BCUT2D eigenvalue weighted by Crippen LogP contribution is -2.47. The van der Waals surface area contributed by atoms with Crippen LogP contribution < -0.4 is 5.32 Å². The standard InChI is InChI=1S/C12H16FN3O2/c1-9(12(17)16-5-7-18-8-6-16)14-11-4-2-3-10(13)15-11/h2-4,9H,5-8H2,1H3,(H,14,15). The van der Waals surface area contributed by atoms with E-state index in [0.29, 0.717) is 32.1 Å². The summed E-state index contributed by atoms with van der Waals surface area (Å²) in [6.45, 7) is 4.07. The molecule has 0 radical (unpaired) electrons. The zero-order valence-electron chi connectivity index (χ0n) is 10.2. The molecule has 1 fully saturated rings. The first-order valence-corrected chi connectivity index (χ1v) is 5.92. The van der Waals surface area contributed by atoms with Gasteiger partial charge in [0.05, 0.1) is 13.2 Å². The number of morpholine rings is 1. The summed E-state index contributed by atoms with van der Waals surface area (Å²) in [5.74, 6) is -0.223. The highest BCUT2D eigenvalue weighted by atomic mass is 19.1. The maximum Gasteiger partial charge on any atom is 0.244 e. The maximum atomic E-state index is 12.9. The molecule has 1 aliphatic heterocycles.